The molecule has 174 valence electrons. The van der Waals surface area contributed by atoms with Gasteiger partial charge in [-0.15, -0.1) is 0 Å². The quantitative estimate of drug-likeness (QED) is 0.692. The fourth-order valence-electron chi connectivity index (χ4n) is 3.56. The number of nitrogens with one attached hydrogen (secondary N) is 2. The molecule has 1 amide bonds. The minimum absolute atomic E-state index is 0.178. The molecule has 3 rings (SSSR count). The number of hydrogen-bond acceptors (Lipinski definition) is 5. The average molecular weight is 460 g/mol. The first-order valence-electron chi connectivity index (χ1n) is 10.8. The van der Waals surface area contributed by atoms with Gasteiger partial charge in [0.2, 0.25) is 10.0 Å². The molecule has 0 aliphatic carbocycles. The Bertz CT molecular complexity index is 1070. The fraction of sp³-hybridized carbons (Fsp3) is 0.458. The van der Waals surface area contributed by atoms with E-state index in [1.165, 1.54) is 0 Å². The number of sulfonamides is 1. The highest BCUT2D eigenvalue weighted by atomic mass is 32.2. The number of anilines is 3. The molecule has 0 aromatic heterocycles. The van der Waals surface area contributed by atoms with Crippen molar-refractivity contribution >= 4 is 33.0 Å². The van der Waals surface area contributed by atoms with Gasteiger partial charge in [0.1, 0.15) is 0 Å². The number of ether oxygens (including phenoxy) is 1. The molecule has 0 saturated carbocycles. The average Bonchev–Trinajstić information content (AvgIpc) is 2.68. The summed E-state index contributed by atoms with van der Waals surface area (Å²) in [7, 11) is -3.54. The second kappa shape index (κ2) is 9.11. The monoisotopic (exact) mass is 459 g/mol. The van der Waals surface area contributed by atoms with Gasteiger partial charge in [-0.1, -0.05) is 0 Å². The Kier molecular flexibility index (Phi) is 6.86. The molecule has 2 N–H and O–H groups in total. The number of hydrogen-bond donors (Lipinski definition) is 2. The van der Waals surface area contributed by atoms with Crippen molar-refractivity contribution in [2.75, 3.05) is 28.0 Å². The Morgan fingerprint density at radius 3 is 2.16 bits per heavy atom. The Balaban J connectivity index is 1.68. The van der Waals surface area contributed by atoms with E-state index in [1.54, 1.807) is 45.9 Å². The van der Waals surface area contributed by atoms with Crippen LogP contribution in [0.4, 0.5) is 17.1 Å². The molecule has 1 heterocycles. The van der Waals surface area contributed by atoms with Crippen LogP contribution in [0.25, 0.3) is 0 Å². The molecule has 8 heteroatoms. The topological polar surface area (TPSA) is 87.7 Å². The second-order valence-electron chi connectivity index (χ2n) is 9.41. The molecule has 0 radical (unpaired) electrons. The van der Waals surface area contributed by atoms with Crippen LogP contribution < -0.4 is 14.9 Å². The van der Waals surface area contributed by atoms with Crippen LogP contribution in [0.5, 0.6) is 0 Å². The van der Waals surface area contributed by atoms with E-state index in [9.17, 15) is 13.2 Å². The number of carbonyl (C=O) groups is 1. The van der Waals surface area contributed by atoms with E-state index in [2.05, 4.69) is 28.8 Å². The van der Waals surface area contributed by atoms with Crippen LogP contribution in [-0.4, -0.2) is 44.4 Å². The Morgan fingerprint density at radius 2 is 1.62 bits per heavy atom. The lowest BCUT2D eigenvalue weighted by Crippen LogP contribution is -2.45. The van der Waals surface area contributed by atoms with Gasteiger partial charge in [0, 0.05) is 30.0 Å². The number of carbonyl (C=O) groups excluding carboxylic acids is 1. The molecule has 32 heavy (non-hydrogen) atoms. The highest BCUT2D eigenvalue weighted by Gasteiger charge is 2.29. The smallest absolute Gasteiger partial charge is 0.255 e. The van der Waals surface area contributed by atoms with Gasteiger partial charge in [-0.25, -0.2) is 8.42 Å². The van der Waals surface area contributed by atoms with Crippen LogP contribution in [0.1, 0.15) is 50.5 Å². The van der Waals surface area contributed by atoms with Crippen molar-refractivity contribution in [3.8, 4) is 0 Å². The molecular formula is C24H33N3O4S. The van der Waals surface area contributed by atoms with Crippen molar-refractivity contribution in [1.29, 1.82) is 0 Å². The predicted molar refractivity (Wildman–Crippen MR) is 130 cm³/mol. The van der Waals surface area contributed by atoms with Gasteiger partial charge in [-0.2, -0.15) is 0 Å². The first-order chi connectivity index (χ1) is 14.9. The van der Waals surface area contributed by atoms with Crippen molar-refractivity contribution in [3.63, 3.8) is 0 Å². The number of morpholine rings is 1. The maximum absolute atomic E-state index is 12.7. The summed E-state index contributed by atoms with van der Waals surface area (Å²) in [5, 5.41) is 2.90. The zero-order chi connectivity index (χ0) is 23.7. The summed E-state index contributed by atoms with van der Waals surface area (Å²) in [6, 6.07) is 12.7. The van der Waals surface area contributed by atoms with Gasteiger partial charge in [0.25, 0.3) is 5.91 Å². The normalized spacial score (nSPS) is 19.5. The molecule has 1 aliphatic rings. The van der Waals surface area contributed by atoms with Crippen LogP contribution in [0.15, 0.2) is 42.5 Å². The van der Waals surface area contributed by atoms with Crippen molar-refractivity contribution in [3.05, 3.63) is 53.6 Å². The standard InChI is InChI=1S/C24H33N3O4S/c1-16-13-19(7-12-22(16)26-32(29,30)24(4,5)6)23(28)25-20-8-10-21(11-9-20)27-14-17(2)31-18(3)15-27/h7-13,17-18,26H,14-15H2,1-6H3,(H,25,28). The Labute approximate surface area is 191 Å². The third kappa shape index (κ3) is 5.61. The van der Waals surface area contributed by atoms with Gasteiger partial charge in [-0.3, -0.25) is 9.52 Å². The zero-order valence-corrected chi connectivity index (χ0v) is 20.4. The van der Waals surface area contributed by atoms with Gasteiger partial charge < -0.3 is 15.0 Å². The van der Waals surface area contributed by atoms with Crippen LogP contribution in [0, 0.1) is 6.92 Å². The molecule has 2 unspecified atom stereocenters. The molecule has 2 aromatic carbocycles. The number of rotatable bonds is 5. The third-order valence-electron chi connectivity index (χ3n) is 5.45. The third-order valence-corrected chi connectivity index (χ3v) is 7.55. The number of nitrogens with zero attached hydrogens (tertiary/aromatic N) is 1. The molecule has 1 saturated heterocycles. The van der Waals surface area contributed by atoms with Crippen LogP contribution in [0.2, 0.25) is 0 Å². The largest absolute Gasteiger partial charge is 0.372 e. The van der Waals surface area contributed by atoms with Gasteiger partial charge >= 0.3 is 0 Å². The molecule has 0 bridgehead atoms. The second-order valence-corrected chi connectivity index (χ2v) is 11.8. The summed E-state index contributed by atoms with van der Waals surface area (Å²) in [4.78, 5) is 15.0. The molecule has 2 atom stereocenters. The first-order valence-corrected chi connectivity index (χ1v) is 12.3. The van der Waals surface area contributed by atoms with Crippen LogP contribution in [0.3, 0.4) is 0 Å². The number of benzene rings is 2. The zero-order valence-electron chi connectivity index (χ0n) is 19.6. The van der Waals surface area contributed by atoms with Crippen molar-refractivity contribution < 1.29 is 17.9 Å². The molecule has 0 spiro atoms. The lowest BCUT2D eigenvalue weighted by molar-refractivity contribution is -0.00521. The summed E-state index contributed by atoms with van der Waals surface area (Å²) in [5.74, 6) is -0.250. The van der Waals surface area contributed by atoms with E-state index in [0.717, 1.165) is 18.8 Å². The lowest BCUT2D eigenvalue weighted by atomic mass is 10.1. The summed E-state index contributed by atoms with van der Waals surface area (Å²) >= 11 is 0. The highest BCUT2D eigenvalue weighted by molar-refractivity contribution is 7.94. The van der Waals surface area contributed by atoms with E-state index < -0.39 is 14.8 Å². The van der Waals surface area contributed by atoms with Gasteiger partial charge in [-0.05, 0) is 89.6 Å². The molecule has 7 nitrogen and oxygen atoms in total. The first kappa shape index (κ1) is 24.1. The van der Waals surface area contributed by atoms with Gasteiger partial charge in [0.05, 0.1) is 22.6 Å². The van der Waals surface area contributed by atoms with Crippen LogP contribution >= 0.6 is 0 Å². The predicted octanol–water partition coefficient (Wildman–Crippen LogP) is 4.40. The highest BCUT2D eigenvalue weighted by Crippen LogP contribution is 2.25. The fourth-order valence-corrected chi connectivity index (χ4v) is 4.39. The maximum Gasteiger partial charge on any atom is 0.255 e. The van der Waals surface area contributed by atoms with Crippen molar-refractivity contribution in [2.45, 2.75) is 58.5 Å². The van der Waals surface area contributed by atoms with Crippen LogP contribution in [-0.2, 0) is 14.8 Å². The van der Waals surface area contributed by atoms with E-state index in [0.29, 0.717) is 22.5 Å². The van der Waals surface area contributed by atoms with E-state index >= 15 is 0 Å². The molecule has 2 aromatic rings. The number of aryl methyl sites for hydroxylation is 1. The molecule has 1 fully saturated rings. The molecule has 1 aliphatic heterocycles. The lowest BCUT2D eigenvalue weighted by Gasteiger charge is -2.36. The summed E-state index contributed by atoms with van der Waals surface area (Å²) in [6.07, 6.45) is 0.356. The summed E-state index contributed by atoms with van der Waals surface area (Å²) in [5.41, 5.74) is 3.40. The minimum Gasteiger partial charge on any atom is -0.372 e. The maximum atomic E-state index is 12.7. The number of amides is 1. The SMILES string of the molecule is Cc1cc(C(=O)Nc2ccc(N3CC(C)OC(C)C3)cc2)ccc1NS(=O)(=O)C(C)(C)C. The van der Waals surface area contributed by atoms with Gasteiger partial charge in [0.15, 0.2) is 0 Å². The minimum atomic E-state index is -3.54. The van der Waals surface area contributed by atoms with E-state index in [-0.39, 0.29) is 18.1 Å². The van der Waals surface area contributed by atoms with Crippen molar-refractivity contribution in [1.82, 2.24) is 0 Å². The molecular weight excluding hydrogens is 426 g/mol. The van der Waals surface area contributed by atoms with Crippen molar-refractivity contribution in [2.24, 2.45) is 0 Å². The van der Waals surface area contributed by atoms with E-state index in [4.69, 9.17) is 4.74 Å². The Hall–Kier alpha value is -2.58. The Morgan fingerprint density at radius 1 is 1.03 bits per heavy atom. The van der Waals surface area contributed by atoms with E-state index in [1.807, 2.05) is 24.3 Å². The summed E-state index contributed by atoms with van der Waals surface area (Å²) < 4.78 is 32.3. The summed E-state index contributed by atoms with van der Waals surface area (Å²) in [6.45, 7) is 12.5.